The predicted octanol–water partition coefficient (Wildman–Crippen LogP) is 4.19. The third-order valence-electron chi connectivity index (χ3n) is 5.42. The van der Waals surface area contributed by atoms with Crippen molar-refractivity contribution in [2.75, 3.05) is 5.73 Å². The van der Waals surface area contributed by atoms with E-state index in [2.05, 4.69) is 21.0 Å². The first-order valence-electron chi connectivity index (χ1n) is 10.2. The maximum atomic E-state index is 13.7. The van der Waals surface area contributed by atoms with E-state index in [1.54, 1.807) is 29.3 Å². The van der Waals surface area contributed by atoms with Gasteiger partial charge in [0.1, 0.15) is 11.9 Å². The van der Waals surface area contributed by atoms with Crippen molar-refractivity contribution in [2.45, 2.75) is 26.4 Å². The van der Waals surface area contributed by atoms with Crippen molar-refractivity contribution in [3.05, 3.63) is 95.1 Å². The number of nitrogens with zero attached hydrogens (tertiary/aromatic N) is 5. The number of aryl methyl sites for hydroxylation is 1. The summed E-state index contributed by atoms with van der Waals surface area (Å²) in [6.07, 6.45) is 3.22. The molecule has 0 saturated heterocycles. The van der Waals surface area contributed by atoms with E-state index in [4.69, 9.17) is 11.0 Å². The molecular formula is C25H22N6O. The van der Waals surface area contributed by atoms with Gasteiger partial charge in [0.2, 0.25) is 0 Å². The summed E-state index contributed by atoms with van der Waals surface area (Å²) in [6.45, 7) is 4.11. The molecular weight excluding hydrogens is 400 g/mol. The Kier molecular flexibility index (Phi) is 5.77. The van der Waals surface area contributed by atoms with Crippen LogP contribution in [0.15, 0.2) is 67.0 Å². The number of hydrogen-bond donors (Lipinski definition) is 1. The van der Waals surface area contributed by atoms with Gasteiger partial charge in [0.15, 0.2) is 0 Å². The van der Waals surface area contributed by atoms with Crippen molar-refractivity contribution >= 4 is 22.6 Å². The number of anilines is 1. The van der Waals surface area contributed by atoms with Crippen LogP contribution in [-0.2, 0) is 6.54 Å². The summed E-state index contributed by atoms with van der Waals surface area (Å²) < 4.78 is 0. The summed E-state index contributed by atoms with van der Waals surface area (Å²) in [7, 11) is 0. The van der Waals surface area contributed by atoms with Gasteiger partial charge >= 0.3 is 0 Å². The molecule has 0 fully saturated rings. The molecule has 0 radical (unpaired) electrons. The Morgan fingerprint density at radius 3 is 2.69 bits per heavy atom. The number of carbonyl (C=O) groups is 1. The number of nitrogen functional groups attached to an aromatic ring is 1. The zero-order valence-corrected chi connectivity index (χ0v) is 17.9. The largest absolute Gasteiger partial charge is 0.383 e. The molecule has 0 aliphatic rings. The highest BCUT2D eigenvalue weighted by Crippen LogP contribution is 2.25. The van der Waals surface area contributed by atoms with Crippen LogP contribution in [0.4, 0.5) is 5.82 Å². The van der Waals surface area contributed by atoms with Crippen molar-refractivity contribution in [1.29, 1.82) is 5.26 Å². The minimum absolute atomic E-state index is 0.148. The summed E-state index contributed by atoms with van der Waals surface area (Å²) in [5, 5.41) is 9.88. The summed E-state index contributed by atoms with van der Waals surface area (Å²) in [5.74, 6) is 0.333. The molecule has 0 aliphatic carbocycles. The molecule has 0 saturated carbocycles. The molecule has 1 atom stereocenters. The highest BCUT2D eigenvalue weighted by molar-refractivity contribution is 5.98. The monoisotopic (exact) mass is 422 g/mol. The third-order valence-corrected chi connectivity index (χ3v) is 5.42. The van der Waals surface area contributed by atoms with Crippen molar-refractivity contribution < 1.29 is 4.79 Å². The number of aromatic nitrogens is 3. The van der Waals surface area contributed by atoms with Crippen LogP contribution in [0.3, 0.4) is 0 Å². The van der Waals surface area contributed by atoms with E-state index in [0.717, 1.165) is 22.2 Å². The normalized spacial score (nSPS) is 11.7. The fourth-order valence-electron chi connectivity index (χ4n) is 3.52. The molecule has 2 N–H and O–H groups in total. The number of nitrogens with two attached hydrogens (primary N) is 1. The first-order valence-corrected chi connectivity index (χ1v) is 10.2. The van der Waals surface area contributed by atoms with Crippen LogP contribution in [-0.4, -0.2) is 25.8 Å². The zero-order valence-electron chi connectivity index (χ0n) is 17.9. The summed E-state index contributed by atoms with van der Waals surface area (Å²) in [4.78, 5) is 28.6. The van der Waals surface area contributed by atoms with E-state index in [1.165, 1.54) is 6.20 Å². The Bertz CT molecular complexity index is 1310. The number of hydrogen-bond acceptors (Lipinski definition) is 6. The topological polar surface area (TPSA) is 109 Å². The van der Waals surface area contributed by atoms with Gasteiger partial charge in [-0.25, -0.2) is 4.98 Å². The number of amides is 1. The van der Waals surface area contributed by atoms with Gasteiger partial charge in [0.05, 0.1) is 35.1 Å². The molecule has 158 valence electrons. The van der Waals surface area contributed by atoms with Gasteiger partial charge in [-0.15, -0.1) is 0 Å². The molecule has 3 aromatic heterocycles. The molecule has 3 heterocycles. The molecule has 7 heteroatoms. The number of rotatable bonds is 5. The molecule has 4 aromatic rings. The standard InChI is InChI=1S/C25H22N6O/c1-16-11-20-12-19(7-9-23(20)30-24(16)27)25(32)31(17(2)22-5-3-4-10-28-22)15-21-8-6-18(13-26)14-29-21/h3-12,14,17H,15H2,1-2H3,(H2,27,30)/t17-/m1/s1. The van der Waals surface area contributed by atoms with Gasteiger partial charge in [0.25, 0.3) is 5.91 Å². The lowest BCUT2D eigenvalue weighted by atomic mass is 10.1. The Hall–Kier alpha value is -4.31. The first-order chi connectivity index (χ1) is 15.5. The molecule has 32 heavy (non-hydrogen) atoms. The molecule has 0 unspecified atom stereocenters. The van der Waals surface area contributed by atoms with E-state index in [1.807, 2.05) is 50.2 Å². The van der Waals surface area contributed by atoms with E-state index in [9.17, 15) is 4.79 Å². The molecule has 1 aromatic carbocycles. The Labute approximate surface area is 186 Å². The van der Waals surface area contributed by atoms with Crippen LogP contribution in [0.2, 0.25) is 0 Å². The second-order valence-corrected chi connectivity index (χ2v) is 7.61. The van der Waals surface area contributed by atoms with Gasteiger partial charge in [-0.2, -0.15) is 5.26 Å². The van der Waals surface area contributed by atoms with Crippen molar-refractivity contribution in [3.63, 3.8) is 0 Å². The van der Waals surface area contributed by atoms with Gasteiger partial charge < -0.3 is 10.6 Å². The maximum Gasteiger partial charge on any atom is 0.254 e. The summed E-state index contributed by atoms with van der Waals surface area (Å²) in [6, 6.07) is 18.2. The number of pyridine rings is 3. The first kappa shape index (κ1) is 20.9. The molecule has 0 spiro atoms. The van der Waals surface area contributed by atoms with Crippen molar-refractivity contribution in [3.8, 4) is 6.07 Å². The van der Waals surface area contributed by atoms with Gasteiger partial charge in [-0.1, -0.05) is 6.07 Å². The lowest BCUT2D eigenvalue weighted by Gasteiger charge is -2.29. The molecule has 1 amide bonds. The van der Waals surface area contributed by atoms with Crippen molar-refractivity contribution in [2.24, 2.45) is 0 Å². The Morgan fingerprint density at radius 1 is 1.16 bits per heavy atom. The number of nitriles is 1. The summed E-state index contributed by atoms with van der Waals surface area (Å²) >= 11 is 0. The molecule has 4 rings (SSSR count). The maximum absolute atomic E-state index is 13.7. The SMILES string of the molecule is Cc1cc2cc(C(=O)N(Cc3ccc(C#N)cn3)[C@H](C)c3ccccn3)ccc2nc1N. The van der Waals surface area contributed by atoms with E-state index >= 15 is 0 Å². The number of fused-ring (bicyclic) bond motifs is 1. The molecule has 0 bridgehead atoms. The second kappa shape index (κ2) is 8.82. The minimum atomic E-state index is -0.289. The molecule has 0 aliphatic heterocycles. The van der Waals surface area contributed by atoms with Gasteiger partial charge in [-0.05, 0) is 67.9 Å². The lowest BCUT2D eigenvalue weighted by Crippen LogP contribution is -2.34. The summed E-state index contributed by atoms with van der Waals surface area (Å²) in [5.41, 5.74) is 10.0. The Morgan fingerprint density at radius 2 is 2.00 bits per heavy atom. The fourth-order valence-corrected chi connectivity index (χ4v) is 3.52. The quantitative estimate of drug-likeness (QED) is 0.516. The fraction of sp³-hybridized carbons (Fsp3) is 0.160. The minimum Gasteiger partial charge on any atom is -0.383 e. The molecule has 7 nitrogen and oxygen atoms in total. The van der Waals surface area contributed by atoms with E-state index in [0.29, 0.717) is 22.6 Å². The van der Waals surface area contributed by atoms with Gasteiger partial charge in [0, 0.05) is 23.3 Å². The van der Waals surface area contributed by atoms with Crippen LogP contribution in [0.5, 0.6) is 0 Å². The van der Waals surface area contributed by atoms with Crippen LogP contribution in [0.25, 0.3) is 10.9 Å². The van der Waals surface area contributed by atoms with Crippen LogP contribution < -0.4 is 5.73 Å². The average molecular weight is 422 g/mol. The number of benzene rings is 1. The average Bonchev–Trinajstić information content (AvgIpc) is 2.83. The third kappa shape index (κ3) is 4.25. The van der Waals surface area contributed by atoms with Crippen LogP contribution in [0.1, 0.15) is 45.8 Å². The van der Waals surface area contributed by atoms with E-state index in [-0.39, 0.29) is 18.5 Å². The smallest absolute Gasteiger partial charge is 0.254 e. The Balaban J connectivity index is 1.72. The highest BCUT2D eigenvalue weighted by Gasteiger charge is 2.25. The second-order valence-electron chi connectivity index (χ2n) is 7.61. The van der Waals surface area contributed by atoms with E-state index < -0.39 is 0 Å². The van der Waals surface area contributed by atoms with Crippen LogP contribution in [0, 0.1) is 18.3 Å². The lowest BCUT2D eigenvalue weighted by molar-refractivity contribution is 0.0668. The van der Waals surface area contributed by atoms with Crippen LogP contribution >= 0.6 is 0 Å². The van der Waals surface area contributed by atoms with Gasteiger partial charge in [-0.3, -0.25) is 14.8 Å². The van der Waals surface area contributed by atoms with Crippen molar-refractivity contribution in [1.82, 2.24) is 19.9 Å². The highest BCUT2D eigenvalue weighted by atomic mass is 16.2. The number of carbonyl (C=O) groups excluding carboxylic acids is 1. The predicted molar refractivity (Wildman–Crippen MR) is 122 cm³/mol. The zero-order chi connectivity index (χ0) is 22.7.